The van der Waals surface area contributed by atoms with E-state index < -0.39 is 0 Å². The summed E-state index contributed by atoms with van der Waals surface area (Å²) in [6, 6.07) is 9.99. The number of pyridine rings is 1. The van der Waals surface area contributed by atoms with Gasteiger partial charge < -0.3 is 0 Å². The van der Waals surface area contributed by atoms with Crippen LogP contribution in [0.1, 0.15) is 11.3 Å². The first kappa shape index (κ1) is 7.99. The first-order valence-corrected chi connectivity index (χ1v) is 4.15. The Labute approximate surface area is 77.7 Å². The third-order valence-electron chi connectivity index (χ3n) is 2.01. The van der Waals surface area contributed by atoms with E-state index in [1.165, 1.54) is 0 Å². The molecular weight excluding hydrogens is 158 g/mol. The predicted molar refractivity (Wildman–Crippen MR) is 56.3 cm³/mol. The topological polar surface area (TPSA) is 12.9 Å². The normalized spacial score (nSPS) is 10.2. The molecule has 0 saturated carbocycles. The summed E-state index contributed by atoms with van der Waals surface area (Å²) in [5.74, 6) is 0. The second kappa shape index (κ2) is 3.02. The van der Waals surface area contributed by atoms with E-state index in [4.69, 9.17) is 0 Å². The summed E-state index contributed by atoms with van der Waals surface area (Å²) in [5.41, 5.74) is 2.91. The fraction of sp³-hybridized carbons (Fsp3) is 0. The average Bonchev–Trinajstić information content (AvgIpc) is 2.17. The van der Waals surface area contributed by atoms with E-state index in [-0.39, 0.29) is 0 Å². The number of hydrogen-bond acceptors (Lipinski definition) is 1. The largest absolute Gasteiger partial charge is 0.253 e. The van der Waals surface area contributed by atoms with Crippen molar-refractivity contribution in [3.05, 3.63) is 55.1 Å². The molecule has 0 unspecified atom stereocenters. The first-order chi connectivity index (χ1) is 6.29. The van der Waals surface area contributed by atoms with Gasteiger partial charge in [-0.05, 0) is 30.7 Å². The van der Waals surface area contributed by atoms with Gasteiger partial charge in [-0.15, -0.1) is 0 Å². The zero-order valence-electron chi connectivity index (χ0n) is 7.33. The Morgan fingerprint density at radius 3 is 2.77 bits per heavy atom. The minimum absolute atomic E-state index is 0.804. The number of benzene rings is 1. The highest BCUT2D eigenvalue weighted by atomic mass is 14.7. The minimum atomic E-state index is 0.804. The summed E-state index contributed by atoms with van der Waals surface area (Å²) in [4.78, 5) is 4.31. The van der Waals surface area contributed by atoms with Crippen LogP contribution < -0.4 is 0 Å². The summed E-state index contributed by atoms with van der Waals surface area (Å²) in [6.07, 6.45) is 1.83. The standard InChI is InChI=1S/C12H10N/c1-3-10-5-7-12-11(8-10)6-4-9(2)13-12/h3-8H,1-2H2. The number of hydrogen-bond donors (Lipinski definition) is 0. The Morgan fingerprint density at radius 1 is 1.15 bits per heavy atom. The summed E-state index contributed by atoms with van der Waals surface area (Å²) in [5, 5.41) is 1.13. The van der Waals surface area contributed by atoms with Crippen molar-refractivity contribution in [1.29, 1.82) is 0 Å². The van der Waals surface area contributed by atoms with Crippen molar-refractivity contribution >= 4 is 17.0 Å². The molecule has 1 heteroatoms. The van der Waals surface area contributed by atoms with E-state index in [2.05, 4.69) is 24.6 Å². The lowest BCUT2D eigenvalue weighted by Crippen LogP contribution is -1.82. The van der Waals surface area contributed by atoms with E-state index in [1.807, 2.05) is 30.3 Å². The minimum Gasteiger partial charge on any atom is -0.253 e. The Balaban J connectivity index is 2.73. The van der Waals surface area contributed by atoms with E-state index in [9.17, 15) is 0 Å². The molecule has 0 amide bonds. The molecule has 0 aliphatic rings. The summed E-state index contributed by atoms with van der Waals surface area (Å²) < 4.78 is 0. The van der Waals surface area contributed by atoms with Crippen molar-refractivity contribution < 1.29 is 0 Å². The lowest BCUT2D eigenvalue weighted by Gasteiger charge is -1.99. The molecule has 0 bridgehead atoms. The van der Waals surface area contributed by atoms with Crippen molar-refractivity contribution in [2.75, 3.05) is 0 Å². The maximum atomic E-state index is 4.31. The fourth-order valence-electron chi connectivity index (χ4n) is 1.31. The summed E-state index contributed by atoms with van der Waals surface area (Å²) in [7, 11) is 0. The maximum Gasteiger partial charge on any atom is 0.0705 e. The second-order valence-corrected chi connectivity index (χ2v) is 2.96. The van der Waals surface area contributed by atoms with Gasteiger partial charge in [0.15, 0.2) is 0 Å². The van der Waals surface area contributed by atoms with Crippen LogP contribution in [-0.4, -0.2) is 4.98 Å². The molecule has 63 valence electrons. The van der Waals surface area contributed by atoms with Crippen LogP contribution in [-0.2, 0) is 0 Å². The molecule has 0 fully saturated rings. The molecule has 1 radical (unpaired) electrons. The monoisotopic (exact) mass is 168 g/mol. The van der Waals surface area contributed by atoms with Crippen LogP contribution in [0.4, 0.5) is 0 Å². The van der Waals surface area contributed by atoms with Crippen LogP contribution >= 0.6 is 0 Å². The van der Waals surface area contributed by atoms with Crippen molar-refractivity contribution in [2.24, 2.45) is 0 Å². The Morgan fingerprint density at radius 2 is 2.00 bits per heavy atom. The van der Waals surface area contributed by atoms with Crippen molar-refractivity contribution in [1.82, 2.24) is 4.98 Å². The van der Waals surface area contributed by atoms with Crippen LogP contribution in [0.2, 0.25) is 0 Å². The molecule has 1 nitrogen and oxygen atoms in total. The zero-order valence-corrected chi connectivity index (χ0v) is 7.33. The van der Waals surface area contributed by atoms with Crippen LogP contribution in [0, 0.1) is 6.92 Å². The summed E-state index contributed by atoms with van der Waals surface area (Å²) >= 11 is 0. The van der Waals surface area contributed by atoms with Gasteiger partial charge in [-0.1, -0.05) is 24.8 Å². The van der Waals surface area contributed by atoms with E-state index in [1.54, 1.807) is 0 Å². The highest BCUT2D eigenvalue weighted by Crippen LogP contribution is 2.15. The molecular formula is C12H10N. The molecule has 0 aliphatic heterocycles. The number of rotatable bonds is 1. The van der Waals surface area contributed by atoms with E-state index in [0.29, 0.717) is 0 Å². The lowest BCUT2D eigenvalue weighted by molar-refractivity contribution is 1.34. The van der Waals surface area contributed by atoms with E-state index >= 15 is 0 Å². The second-order valence-electron chi connectivity index (χ2n) is 2.96. The molecule has 0 saturated heterocycles. The molecule has 1 aromatic carbocycles. The third-order valence-corrected chi connectivity index (χ3v) is 2.01. The van der Waals surface area contributed by atoms with Gasteiger partial charge in [0.1, 0.15) is 0 Å². The molecule has 0 aliphatic carbocycles. The molecule has 2 aromatic rings. The van der Waals surface area contributed by atoms with Crippen LogP contribution in [0.3, 0.4) is 0 Å². The van der Waals surface area contributed by atoms with Gasteiger partial charge in [0.05, 0.1) is 5.52 Å². The molecule has 1 heterocycles. The molecule has 1 aromatic heterocycles. The molecule has 2 rings (SSSR count). The molecule has 0 atom stereocenters. The van der Waals surface area contributed by atoms with Crippen LogP contribution in [0.15, 0.2) is 36.9 Å². The van der Waals surface area contributed by atoms with Gasteiger partial charge in [-0.3, -0.25) is 4.98 Å². The van der Waals surface area contributed by atoms with Gasteiger partial charge in [0, 0.05) is 11.1 Å². The molecule has 0 spiro atoms. The van der Waals surface area contributed by atoms with Crippen LogP contribution in [0.5, 0.6) is 0 Å². The Bertz CT molecular complexity index is 458. The van der Waals surface area contributed by atoms with Gasteiger partial charge in [-0.2, -0.15) is 0 Å². The Hall–Kier alpha value is -1.63. The Kier molecular flexibility index (Phi) is 1.85. The number of nitrogens with zero attached hydrogens (tertiary/aromatic N) is 1. The molecule has 13 heavy (non-hydrogen) atoms. The smallest absolute Gasteiger partial charge is 0.0705 e. The first-order valence-electron chi connectivity index (χ1n) is 4.15. The van der Waals surface area contributed by atoms with Gasteiger partial charge in [0.2, 0.25) is 0 Å². The quantitative estimate of drug-likeness (QED) is 0.637. The van der Waals surface area contributed by atoms with Crippen molar-refractivity contribution in [3.63, 3.8) is 0 Å². The predicted octanol–water partition coefficient (Wildman–Crippen LogP) is 3.06. The van der Waals surface area contributed by atoms with E-state index in [0.717, 1.165) is 22.2 Å². The van der Waals surface area contributed by atoms with Gasteiger partial charge in [-0.25, -0.2) is 0 Å². The highest BCUT2D eigenvalue weighted by Gasteiger charge is 1.95. The molecule has 0 N–H and O–H groups in total. The highest BCUT2D eigenvalue weighted by molar-refractivity contribution is 5.81. The van der Waals surface area contributed by atoms with Crippen molar-refractivity contribution in [2.45, 2.75) is 0 Å². The lowest BCUT2D eigenvalue weighted by atomic mass is 10.1. The van der Waals surface area contributed by atoms with Gasteiger partial charge in [0.25, 0.3) is 0 Å². The number of aromatic nitrogens is 1. The fourth-order valence-corrected chi connectivity index (χ4v) is 1.31. The zero-order chi connectivity index (χ0) is 9.26. The van der Waals surface area contributed by atoms with Crippen LogP contribution in [0.25, 0.3) is 17.0 Å². The maximum absolute atomic E-state index is 4.31. The average molecular weight is 168 g/mol. The van der Waals surface area contributed by atoms with Gasteiger partial charge >= 0.3 is 0 Å². The SMILES string of the molecule is [CH2]c1ccc2cc(C=C)ccc2n1. The summed E-state index contributed by atoms with van der Waals surface area (Å²) in [6.45, 7) is 7.50. The third kappa shape index (κ3) is 1.45. The number of fused-ring (bicyclic) bond motifs is 1. The van der Waals surface area contributed by atoms with Crippen molar-refractivity contribution in [3.8, 4) is 0 Å².